The fourth-order valence-electron chi connectivity index (χ4n) is 1.44. The van der Waals surface area contributed by atoms with Gasteiger partial charge in [0.1, 0.15) is 12.4 Å². The lowest BCUT2D eigenvalue weighted by Gasteiger charge is -2.17. The molecule has 1 rings (SSSR count). The molecule has 0 fully saturated rings. The van der Waals surface area contributed by atoms with E-state index in [-0.39, 0.29) is 13.0 Å². The molecule has 0 aliphatic carbocycles. The van der Waals surface area contributed by atoms with E-state index in [0.29, 0.717) is 10.0 Å². The van der Waals surface area contributed by atoms with E-state index in [1.165, 1.54) is 12.1 Å². The average molecular weight is 345 g/mol. The molecule has 0 aliphatic heterocycles. The fourth-order valence-corrected chi connectivity index (χ4v) is 1.77. The number of benzene rings is 1. The Bertz CT molecular complexity index is 414. The molecular weight excluding hydrogens is 332 g/mol. The number of alkyl halides is 3. The maximum absolute atomic E-state index is 13.5. The second kappa shape index (κ2) is 7.18. The van der Waals surface area contributed by atoms with Crippen LogP contribution in [-0.2, 0) is 11.2 Å². The smallest absolute Gasteiger partial charge is 0.370 e. The molecule has 3 nitrogen and oxygen atoms in total. The highest BCUT2D eigenvalue weighted by atomic mass is 79.9. The zero-order chi connectivity index (χ0) is 14.5. The average Bonchev–Trinajstić information content (AvgIpc) is 2.29. The molecule has 0 spiro atoms. The van der Waals surface area contributed by atoms with Gasteiger partial charge < -0.3 is 4.74 Å². The van der Waals surface area contributed by atoms with Gasteiger partial charge in [0, 0.05) is 10.5 Å². The number of hydrogen-bond acceptors (Lipinski definition) is 3. The summed E-state index contributed by atoms with van der Waals surface area (Å²) in [6, 6.07) is 3.85. The molecule has 0 heterocycles. The Kier molecular flexibility index (Phi) is 6.18. The van der Waals surface area contributed by atoms with Crippen LogP contribution in [0.4, 0.5) is 17.6 Å². The number of hydrazine groups is 1. The molecule has 1 aromatic rings. The third-order valence-electron chi connectivity index (χ3n) is 2.30. The third kappa shape index (κ3) is 6.33. The van der Waals surface area contributed by atoms with Crippen molar-refractivity contribution < 1.29 is 22.3 Å². The van der Waals surface area contributed by atoms with E-state index in [9.17, 15) is 17.6 Å². The molecule has 0 saturated carbocycles. The summed E-state index contributed by atoms with van der Waals surface area (Å²) in [6.45, 7) is -1.61. The number of halogens is 5. The summed E-state index contributed by atoms with van der Waals surface area (Å²) in [7, 11) is 0. The Labute approximate surface area is 116 Å². The van der Waals surface area contributed by atoms with Crippen LogP contribution in [0.1, 0.15) is 5.56 Å². The van der Waals surface area contributed by atoms with Gasteiger partial charge in [-0.15, -0.1) is 0 Å². The van der Waals surface area contributed by atoms with E-state index in [1.54, 1.807) is 6.07 Å². The van der Waals surface area contributed by atoms with E-state index in [1.807, 2.05) is 0 Å². The van der Waals surface area contributed by atoms with Crippen molar-refractivity contribution in [3.8, 4) is 0 Å². The molecule has 108 valence electrons. The van der Waals surface area contributed by atoms with Crippen LogP contribution in [0.15, 0.2) is 22.7 Å². The minimum atomic E-state index is -4.39. The van der Waals surface area contributed by atoms with Crippen LogP contribution in [0.3, 0.4) is 0 Å². The van der Waals surface area contributed by atoms with Gasteiger partial charge in [0.25, 0.3) is 0 Å². The molecule has 0 aliphatic rings. The van der Waals surface area contributed by atoms with Gasteiger partial charge in [0.05, 0.1) is 6.61 Å². The zero-order valence-electron chi connectivity index (χ0n) is 9.81. The van der Waals surface area contributed by atoms with E-state index < -0.39 is 24.6 Å². The monoisotopic (exact) mass is 344 g/mol. The highest BCUT2D eigenvalue weighted by Gasteiger charge is 2.28. The van der Waals surface area contributed by atoms with Gasteiger partial charge >= 0.3 is 6.18 Å². The molecule has 19 heavy (non-hydrogen) atoms. The fraction of sp³-hybridized carbons (Fsp3) is 0.455. The van der Waals surface area contributed by atoms with Crippen molar-refractivity contribution in [2.24, 2.45) is 5.84 Å². The van der Waals surface area contributed by atoms with Crippen LogP contribution in [0.25, 0.3) is 0 Å². The minimum Gasteiger partial charge on any atom is -0.370 e. The lowest BCUT2D eigenvalue weighted by Crippen LogP contribution is -2.41. The van der Waals surface area contributed by atoms with Crippen LogP contribution in [0.2, 0.25) is 0 Å². The van der Waals surface area contributed by atoms with E-state index in [4.69, 9.17) is 5.84 Å². The molecule has 0 amide bonds. The first-order chi connectivity index (χ1) is 8.81. The largest absolute Gasteiger partial charge is 0.411 e. The number of nitrogens with one attached hydrogen (secondary N) is 1. The van der Waals surface area contributed by atoms with E-state index >= 15 is 0 Å². The summed E-state index contributed by atoms with van der Waals surface area (Å²) in [5.74, 6) is 4.75. The van der Waals surface area contributed by atoms with Crippen molar-refractivity contribution in [3.63, 3.8) is 0 Å². The standard InChI is InChI=1S/C11H13BrF4N2O/c12-8-2-1-7(10(13)4-8)3-9(18-17)5-19-6-11(14,15)16/h1-2,4,9,18H,3,5-6,17H2. The van der Waals surface area contributed by atoms with Crippen LogP contribution in [0.5, 0.6) is 0 Å². The lowest BCUT2D eigenvalue weighted by atomic mass is 10.1. The second-order valence-corrected chi connectivity index (χ2v) is 4.85. The lowest BCUT2D eigenvalue weighted by molar-refractivity contribution is -0.175. The molecule has 0 bridgehead atoms. The van der Waals surface area contributed by atoms with E-state index in [2.05, 4.69) is 26.1 Å². The van der Waals surface area contributed by atoms with Crippen molar-refractivity contribution in [3.05, 3.63) is 34.1 Å². The quantitative estimate of drug-likeness (QED) is 0.473. The molecule has 1 aromatic carbocycles. The van der Waals surface area contributed by atoms with Gasteiger partial charge in [-0.3, -0.25) is 11.3 Å². The van der Waals surface area contributed by atoms with Crippen molar-refractivity contribution in [1.29, 1.82) is 0 Å². The number of hydrogen-bond donors (Lipinski definition) is 2. The molecule has 1 atom stereocenters. The summed E-state index contributed by atoms with van der Waals surface area (Å²) >= 11 is 3.11. The highest BCUT2D eigenvalue weighted by Crippen LogP contribution is 2.17. The van der Waals surface area contributed by atoms with Crippen molar-refractivity contribution in [1.82, 2.24) is 5.43 Å². The van der Waals surface area contributed by atoms with Gasteiger partial charge in [-0.1, -0.05) is 22.0 Å². The normalized spacial score (nSPS) is 13.6. The van der Waals surface area contributed by atoms with Gasteiger partial charge in [-0.05, 0) is 24.1 Å². The Balaban J connectivity index is 2.52. The molecule has 0 aromatic heterocycles. The first kappa shape index (κ1) is 16.4. The molecular formula is C11H13BrF4N2O. The summed E-state index contributed by atoms with van der Waals surface area (Å²) in [5, 5.41) is 0. The molecule has 1 unspecified atom stereocenters. The summed E-state index contributed by atoms with van der Waals surface area (Å²) in [6.07, 6.45) is -4.25. The van der Waals surface area contributed by atoms with Gasteiger partial charge in [-0.25, -0.2) is 4.39 Å². The molecule has 3 N–H and O–H groups in total. The van der Waals surface area contributed by atoms with Crippen LogP contribution in [0, 0.1) is 5.82 Å². The van der Waals surface area contributed by atoms with Crippen LogP contribution >= 0.6 is 15.9 Å². The SMILES string of the molecule is NNC(COCC(F)(F)F)Cc1ccc(Br)cc1F. The highest BCUT2D eigenvalue weighted by molar-refractivity contribution is 9.10. The first-order valence-electron chi connectivity index (χ1n) is 5.36. The van der Waals surface area contributed by atoms with Gasteiger partial charge in [-0.2, -0.15) is 13.2 Å². The van der Waals surface area contributed by atoms with Crippen LogP contribution < -0.4 is 11.3 Å². The number of rotatable bonds is 6. The Morgan fingerprint density at radius 3 is 2.58 bits per heavy atom. The Hall–Kier alpha value is -0.700. The van der Waals surface area contributed by atoms with Crippen molar-refractivity contribution in [2.75, 3.05) is 13.2 Å². The summed E-state index contributed by atoms with van der Waals surface area (Å²) < 4.78 is 54.3. The summed E-state index contributed by atoms with van der Waals surface area (Å²) in [4.78, 5) is 0. The number of nitrogens with two attached hydrogens (primary N) is 1. The Morgan fingerprint density at radius 1 is 1.37 bits per heavy atom. The van der Waals surface area contributed by atoms with Crippen molar-refractivity contribution >= 4 is 15.9 Å². The number of ether oxygens (including phenoxy) is 1. The predicted octanol–water partition coefficient (Wildman–Crippen LogP) is 2.54. The van der Waals surface area contributed by atoms with E-state index in [0.717, 1.165) is 0 Å². The summed E-state index contributed by atoms with van der Waals surface area (Å²) in [5.41, 5.74) is 2.66. The zero-order valence-corrected chi connectivity index (χ0v) is 11.4. The first-order valence-corrected chi connectivity index (χ1v) is 6.15. The molecule has 0 radical (unpaired) electrons. The molecule has 8 heteroatoms. The minimum absolute atomic E-state index is 0.132. The topological polar surface area (TPSA) is 47.3 Å². The maximum Gasteiger partial charge on any atom is 0.411 e. The second-order valence-electron chi connectivity index (χ2n) is 3.93. The maximum atomic E-state index is 13.5. The van der Waals surface area contributed by atoms with Gasteiger partial charge in [0.2, 0.25) is 0 Å². The molecule has 0 saturated heterocycles. The third-order valence-corrected chi connectivity index (χ3v) is 2.80. The van der Waals surface area contributed by atoms with Crippen molar-refractivity contribution in [2.45, 2.75) is 18.6 Å². The van der Waals surface area contributed by atoms with Crippen LogP contribution in [-0.4, -0.2) is 25.4 Å². The predicted molar refractivity (Wildman–Crippen MR) is 65.8 cm³/mol. The Morgan fingerprint density at radius 2 is 2.05 bits per heavy atom. The van der Waals surface area contributed by atoms with Gasteiger partial charge in [0.15, 0.2) is 0 Å².